The molecule has 2 heterocycles. The SMILES string of the molecule is CCCn1c(CC2CNC2)nc2cc(OC)ccc21. The molecule has 0 amide bonds. The Morgan fingerprint density at radius 2 is 2.26 bits per heavy atom. The zero-order valence-electron chi connectivity index (χ0n) is 11.6. The van der Waals surface area contributed by atoms with E-state index in [-0.39, 0.29) is 0 Å². The van der Waals surface area contributed by atoms with Gasteiger partial charge in [0, 0.05) is 19.0 Å². The first-order valence-corrected chi connectivity index (χ1v) is 7.05. The van der Waals surface area contributed by atoms with Gasteiger partial charge in [-0.2, -0.15) is 0 Å². The van der Waals surface area contributed by atoms with E-state index in [1.165, 1.54) is 11.3 Å². The first-order valence-electron chi connectivity index (χ1n) is 7.05. The Morgan fingerprint density at radius 1 is 1.42 bits per heavy atom. The van der Waals surface area contributed by atoms with Crippen LogP contribution in [-0.4, -0.2) is 29.8 Å². The Hall–Kier alpha value is -1.55. The third kappa shape index (κ3) is 2.32. The number of hydrogen-bond donors (Lipinski definition) is 1. The van der Waals surface area contributed by atoms with Crippen LogP contribution >= 0.6 is 0 Å². The molecule has 0 radical (unpaired) electrons. The summed E-state index contributed by atoms with van der Waals surface area (Å²) in [7, 11) is 1.70. The van der Waals surface area contributed by atoms with Gasteiger partial charge in [-0.05, 0) is 37.6 Å². The molecule has 1 saturated heterocycles. The van der Waals surface area contributed by atoms with Crippen molar-refractivity contribution in [2.45, 2.75) is 26.3 Å². The van der Waals surface area contributed by atoms with Gasteiger partial charge < -0.3 is 14.6 Å². The fraction of sp³-hybridized carbons (Fsp3) is 0.533. The Morgan fingerprint density at radius 3 is 2.89 bits per heavy atom. The number of imidazole rings is 1. The van der Waals surface area contributed by atoms with Crippen molar-refractivity contribution in [1.29, 1.82) is 0 Å². The predicted octanol–water partition coefficient (Wildman–Crippen LogP) is 2.22. The van der Waals surface area contributed by atoms with Gasteiger partial charge in [0.05, 0.1) is 18.1 Å². The summed E-state index contributed by atoms with van der Waals surface area (Å²) < 4.78 is 7.65. The van der Waals surface area contributed by atoms with Gasteiger partial charge in [0.2, 0.25) is 0 Å². The Balaban J connectivity index is 2.00. The monoisotopic (exact) mass is 259 g/mol. The summed E-state index contributed by atoms with van der Waals surface area (Å²) in [6.07, 6.45) is 2.21. The number of nitrogens with one attached hydrogen (secondary N) is 1. The lowest BCUT2D eigenvalue weighted by atomic mass is 9.99. The molecule has 0 saturated carbocycles. The summed E-state index contributed by atoms with van der Waals surface area (Å²) in [5.74, 6) is 2.84. The molecule has 1 fully saturated rings. The van der Waals surface area contributed by atoms with Crippen LogP contribution in [0.15, 0.2) is 18.2 Å². The molecule has 0 spiro atoms. The smallest absolute Gasteiger partial charge is 0.121 e. The van der Waals surface area contributed by atoms with Crippen LogP contribution in [0.4, 0.5) is 0 Å². The van der Waals surface area contributed by atoms with E-state index in [0.717, 1.165) is 49.7 Å². The van der Waals surface area contributed by atoms with E-state index in [1.807, 2.05) is 12.1 Å². The van der Waals surface area contributed by atoms with E-state index in [0.29, 0.717) is 0 Å². The zero-order valence-corrected chi connectivity index (χ0v) is 11.6. The van der Waals surface area contributed by atoms with Crippen LogP contribution < -0.4 is 10.1 Å². The van der Waals surface area contributed by atoms with Crippen molar-refractivity contribution in [2.75, 3.05) is 20.2 Å². The lowest BCUT2D eigenvalue weighted by Gasteiger charge is -2.26. The van der Waals surface area contributed by atoms with Crippen molar-refractivity contribution in [2.24, 2.45) is 5.92 Å². The van der Waals surface area contributed by atoms with Crippen LogP contribution in [0, 0.1) is 5.92 Å². The highest BCUT2D eigenvalue weighted by molar-refractivity contribution is 5.77. The maximum atomic E-state index is 5.29. The minimum absolute atomic E-state index is 0.745. The molecular formula is C15H21N3O. The standard InChI is InChI=1S/C15H21N3O/c1-3-6-18-14-5-4-12(19-2)8-13(14)17-15(18)7-11-9-16-10-11/h4-5,8,11,16H,3,6-7,9-10H2,1-2H3. The van der Waals surface area contributed by atoms with Gasteiger partial charge >= 0.3 is 0 Å². The quantitative estimate of drug-likeness (QED) is 0.895. The number of rotatable bonds is 5. The summed E-state index contributed by atoms with van der Waals surface area (Å²) in [6.45, 7) is 5.50. The molecule has 1 aliphatic rings. The van der Waals surface area contributed by atoms with Gasteiger partial charge in [-0.15, -0.1) is 0 Å². The number of hydrogen-bond acceptors (Lipinski definition) is 3. The largest absolute Gasteiger partial charge is 0.497 e. The summed E-state index contributed by atoms with van der Waals surface area (Å²) in [5, 5.41) is 3.33. The van der Waals surface area contributed by atoms with Gasteiger partial charge in [-0.25, -0.2) is 4.98 Å². The van der Waals surface area contributed by atoms with E-state index >= 15 is 0 Å². The topological polar surface area (TPSA) is 39.1 Å². The van der Waals surface area contributed by atoms with Gasteiger partial charge in [0.1, 0.15) is 11.6 Å². The Kier molecular flexibility index (Phi) is 3.42. The number of benzene rings is 1. The van der Waals surface area contributed by atoms with Crippen LogP contribution in [0.3, 0.4) is 0 Å². The molecule has 0 aliphatic carbocycles. The average Bonchev–Trinajstić information content (AvgIpc) is 2.71. The first kappa shape index (κ1) is 12.5. The maximum absolute atomic E-state index is 5.29. The van der Waals surface area contributed by atoms with Crippen molar-refractivity contribution in [1.82, 2.24) is 14.9 Å². The minimum Gasteiger partial charge on any atom is -0.497 e. The molecule has 4 heteroatoms. The van der Waals surface area contributed by atoms with Gasteiger partial charge in [-0.3, -0.25) is 0 Å². The van der Waals surface area contributed by atoms with E-state index in [1.54, 1.807) is 7.11 Å². The van der Waals surface area contributed by atoms with E-state index in [2.05, 4.69) is 22.9 Å². The second kappa shape index (κ2) is 5.21. The lowest BCUT2D eigenvalue weighted by Crippen LogP contribution is -2.43. The highest BCUT2D eigenvalue weighted by Gasteiger charge is 2.21. The third-order valence-electron chi connectivity index (χ3n) is 3.82. The molecule has 3 rings (SSSR count). The van der Waals surface area contributed by atoms with Crippen LogP contribution in [-0.2, 0) is 13.0 Å². The molecule has 19 heavy (non-hydrogen) atoms. The van der Waals surface area contributed by atoms with Crippen molar-refractivity contribution < 1.29 is 4.74 Å². The molecule has 0 unspecified atom stereocenters. The van der Waals surface area contributed by atoms with Crippen molar-refractivity contribution >= 4 is 11.0 Å². The summed E-state index contributed by atoms with van der Waals surface area (Å²) in [5.41, 5.74) is 2.28. The highest BCUT2D eigenvalue weighted by Crippen LogP contribution is 2.24. The van der Waals surface area contributed by atoms with Crippen molar-refractivity contribution in [3.63, 3.8) is 0 Å². The molecule has 1 N–H and O–H groups in total. The second-order valence-electron chi connectivity index (χ2n) is 5.26. The number of nitrogens with zero attached hydrogens (tertiary/aromatic N) is 2. The molecular weight excluding hydrogens is 238 g/mol. The molecule has 0 atom stereocenters. The molecule has 0 bridgehead atoms. The number of aromatic nitrogens is 2. The van der Waals surface area contributed by atoms with Crippen LogP contribution in [0.1, 0.15) is 19.2 Å². The number of methoxy groups -OCH3 is 1. The molecule has 1 aliphatic heterocycles. The molecule has 1 aromatic carbocycles. The average molecular weight is 259 g/mol. The Labute approximate surface area is 113 Å². The Bertz CT molecular complexity index is 572. The van der Waals surface area contributed by atoms with Gasteiger partial charge in [-0.1, -0.05) is 6.92 Å². The summed E-state index contributed by atoms with van der Waals surface area (Å²) >= 11 is 0. The van der Waals surface area contributed by atoms with Gasteiger partial charge in [0.25, 0.3) is 0 Å². The molecule has 102 valence electrons. The van der Waals surface area contributed by atoms with Crippen LogP contribution in [0.5, 0.6) is 5.75 Å². The van der Waals surface area contributed by atoms with Crippen molar-refractivity contribution in [3.05, 3.63) is 24.0 Å². The van der Waals surface area contributed by atoms with Crippen molar-refractivity contribution in [3.8, 4) is 5.75 Å². The first-order chi connectivity index (χ1) is 9.31. The van der Waals surface area contributed by atoms with E-state index in [4.69, 9.17) is 9.72 Å². The molecule has 4 nitrogen and oxygen atoms in total. The fourth-order valence-electron chi connectivity index (χ4n) is 2.67. The predicted molar refractivity (Wildman–Crippen MR) is 76.6 cm³/mol. The van der Waals surface area contributed by atoms with Crippen LogP contribution in [0.2, 0.25) is 0 Å². The second-order valence-corrected chi connectivity index (χ2v) is 5.26. The van der Waals surface area contributed by atoms with Crippen LogP contribution in [0.25, 0.3) is 11.0 Å². The summed E-state index contributed by atoms with van der Waals surface area (Å²) in [6, 6.07) is 6.17. The van der Waals surface area contributed by atoms with E-state index < -0.39 is 0 Å². The lowest BCUT2D eigenvalue weighted by molar-refractivity contribution is 0.337. The normalized spacial score (nSPS) is 15.7. The maximum Gasteiger partial charge on any atom is 0.121 e. The minimum atomic E-state index is 0.745. The van der Waals surface area contributed by atoms with E-state index in [9.17, 15) is 0 Å². The number of aryl methyl sites for hydroxylation is 1. The molecule has 1 aromatic heterocycles. The number of fused-ring (bicyclic) bond motifs is 1. The zero-order chi connectivity index (χ0) is 13.2. The molecule has 2 aromatic rings. The highest BCUT2D eigenvalue weighted by atomic mass is 16.5. The number of ether oxygens (including phenoxy) is 1. The fourth-order valence-corrected chi connectivity index (χ4v) is 2.67. The third-order valence-corrected chi connectivity index (χ3v) is 3.82. The van der Waals surface area contributed by atoms with Gasteiger partial charge in [0.15, 0.2) is 0 Å². The summed E-state index contributed by atoms with van der Waals surface area (Å²) in [4.78, 5) is 4.82.